The van der Waals surface area contributed by atoms with E-state index in [1.54, 1.807) is 0 Å². The molecule has 0 aliphatic rings. The molecule has 0 spiro atoms. The summed E-state index contributed by atoms with van der Waals surface area (Å²) >= 11 is 6.96. The van der Waals surface area contributed by atoms with Crippen molar-refractivity contribution < 1.29 is 4.79 Å². The molecule has 0 N–H and O–H groups in total. The van der Waals surface area contributed by atoms with Gasteiger partial charge in [0.2, 0.25) is 0 Å². The lowest BCUT2D eigenvalue weighted by Crippen LogP contribution is -2.02. The summed E-state index contributed by atoms with van der Waals surface area (Å²) in [6, 6.07) is 14.1. The van der Waals surface area contributed by atoms with Gasteiger partial charge >= 0.3 is 0 Å². The van der Waals surface area contributed by atoms with Gasteiger partial charge in [0.05, 0.1) is 0 Å². The molecule has 3 heteroatoms. The smallest absolute Gasteiger partial charge is 0.163 e. The van der Waals surface area contributed by atoms with Crippen LogP contribution in [0.3, 0.4) is 0 Å². The van der Waals surface area contributed by atoms with Gasteiger partial charge in [-0.15, -0.1) is 0 Å². The first-order chi connectivity index (χ1) is 11.6. The van der Waals surface area contributed by atoms with Crippen LogP contribution < -0.4 is 0 Å². The van der Waals surface area contributed by atoms with E-state index in [0.29, 0.717) is 6.42 Å². The zero-order valence-corrected chi connectivity index (χ0v) is 17.3. The molecule has 1 nitrogen and oxygen atoms in total. The summed E-state index contributed by atoms with van der Waals surface area (Å²) in [7, 11) is 0. The van der Waals surface area contributed by atoms with Crippen LogP contribution in [0.15, 0.2) is 51.4 Å². The molecule has 0 heterocycles. The van der Waals surface area contributed by atoms with Crippen molar-refractivity contribution in [2.75, 3.05) is 0 Å². The largest absolute Gasteiger partial charge is 0.294 e. The number of carbonyl (C=O) groups excluding carboxylic acids is 1. The lowest BCUT2D eigenvalue weighted by Gasteiger charge is -2.10. The molecule has 2 aromatic rings. The second-order valence-corrected chi connectivity index (χ2v) is 7.97. The number of hydrogen-bond donors (Lipinski definition) is 0. The molecule has 2 rings (SSSR count). The van der Waals surface area contributed by atoms with Crippen LogP contribution in [0.4, 0.5) is 0 Å². The Morgan fingerprint density at radius 1 is 0.833 bits per heavy atom. The van der Waals surface area contributed by atoms with Gasteiger partial charge in [0.1, 0.15) is 0 Å². The van der Waals surface area contributed by atoms with Gasteiger partial charge in [0.15, 0.2) is 5.78 Å². The number of ketones is 1. The zero-order valence-electron chi connectivity index (χ0n) is 14.2. The van der Waals surface area contributed by atoms with E-state index in [9.17, 15) is 4.79 Å². The number of unbranched alkanes of at least 4 members (excludes halogenated alkanes) is 5. The van der Waals surface area contributed by atoms with Gasteiger partial charge in [-0.2, -0.15) is 0 Å². The third-order valence-electron chi connectivity index (χ3n) is 4.19. The lowest BCUT2D eigenvalue weighted by atomic mass is 9.94. The van der Waals surface area contributed by atoms with E-state index in [2.05, 4.69) is 50.9 Å². The fraction of sp³-hybridized carbons (Fsp3) is 0.381. The van der Waals surface area contributed by atoms with Gasteiger partial charge in [0, 0.05) is 20.9 Å². The normalized spacial score (nSPS) is 10.8. The molecule has 0 radical (unpaired) electrons. The van der Waals surface area contributed by atoms with Crippen molar-refractivity contribution in [2.24, 2.45) is 0 Å². The average molecular weight is 452 g/mol. The molecule has 0 aliphatic carbocycles. The maximum atomic E-state index is 12.7. The van der Waals surface area contributed by atoms with Crippen molar-refractivity contribution in [1.82, 2.24) is 0 Å². The molecule has 128 valence electrons. The van der Waals surface area contributed by atoms with Gasteiger partial charge in [-0.3, -0.25) is 4.79 Å². The fourth-order valence-corrected chi connectivity index (χ4v) is 3.45. The molecule has 24 heavy (non-hydrogen) atoms. The number of benzene rings is 2. The Balaban J connectivity index is 2.06. The highest BCUT2D eigenvalue weighted by atomic mass is 79.9. The molecule has 0 saturated heterocycles. The minimum atomic E-state index is 0.240. The molecule has 0 unspecified atom stereocenters. The second-order valence-electron chi connectivity index (χ2n) is 6.14. The summed E-state index contributed by atoms with van der Waals surface area (Å²) < 4.78 is 2.00. The molecule has 0 fully saturated rings. The monoisotopic (exact) mass is 450 g/mol. The Kier molecular flexibility index (Phi) is 8.20. The van der Waals surface area contributed by atoms with Crippen LogP contribution in [-0.2, 0) is 0 Å². The molecule has 2 aromatic carbocycles. The van der Waals surface area contributed by atoms with Gasteiger partial charge in [0.25, 0.3) is 0 Å². The minimum absolute atomic E-state index is 0.240. The molecular formula is C21H24Br2O. The van der Waals surface area contributed by atoms with E-state index < -0.39 is 0 Å². The summed E-state index contributed by atoms with van der Waals surface area (Å²) in [5, 5.41) is 0. The Morgan fingerprint density at radius 2 is 1.46 bits per heavy atom. The van der Waals surface area contributed by atoms with Crippen molar-refractivity contribution in [1.29, 1.82) is 0 Å². The highest BCUT2D eigenvalue weighted by molar-refractivity contribution is 9.10. The topological polar surface area (TPSA) is 17.1 Å². The standard InChI is InChI=1S/C21H24Br2O/c1-2-3-4-5-6-7-8-21(24)20-15-18(23)13-14-19(20)16-9-11-17(22)12-10-16/h9-15H,2-8H2,1H3. The third-order valence-corrected chi connectivity index (χ3v) is 5.22. The second kappa shape index (κ2) is 10.1. The number of hydrogen-bond acceptors (Lipinski definition) is 1. The number of carbonyl (C=O) groups is 1. The van der Waals surface area contributed by atoms with Crippen molar-refractivity contribution in [3.8, 4) is 11.1 Å². The molecule has 0 amide bonds. The maximum absolute atomic E-state index is 12.7. The quantitative estimate of drug-likeness (QED) is 0.280. The molecule has 0 bridgehead atoms. The number of halogens is 2. The predicted octanol–water partition coefficient (Wildman–Crippen LogP) is 7.81. The van der Waals surface area contributed by atoms with Gasteiger partial charge < -0.3 is 0 Å². The van der Waals surface area contributed by atoms with Gasteiger partial charge in [-0.05, 0) is 41.8 Å². The van der Waals surface area contributed by atoms with Crippen molar-refractivity contribution in [3.63, 3.8) is 0 Å². The van der Waals surface area contributed by atoms with Crippen molar-refractivity contribution in [2.45, 2.75) is 51.9 Å². The first-order valence-electron chi connectivity index (χ1n) is 8.70. The van der Waals surface area contributed by atoms with E-state index in [0.717, 1.165) is 38.5 Å². The summed E-state index contributed by atoms with van der Waals surface area (Å²) in [4.78, 5) is 12.7. The van der Waals surface area contributed by atoms with E-state index in [1.165, 1.54) is 25.7 Å². The Labute approximate surface area is 162 Å². The van der Waals surface area contributed by atoms with Crippen molar-refractivity contribution in [3.05, 3.63) is 57.0 Å². The molecule has 0 atom stereocenters. The summed E-state index contributed by atoms with van der Waals surface area (Å²) in [6.07, 6.45) is 7.83. The Bertz CT molecular complexity index is 662. The van der Waals surface area contributed by atoms with Crippen LogP contribution in [0.1, 0.15) is 62.2 Å². The molecule has 0 aromatic heterocycles. The Morgan fingerprint density at radius 3 is 2.17 bits per heavy atom. The molecule has 0 saturated carbocycles. The first kappa shape index (κ1) is 19.4. The summed E-state index contributed by atoms with van der Waals surface area (Å²) in [5.74, 6) is 0.240. The van der Waals surface area contributed by atoms with Crippen LogP contribution in [0.25, 0.3) is 11.1 Å². The summed E-state index contributed by atoms with van der Waals surface area (Å²) in [5.41, 5.74) is 2.92. The molecular weight excluding hydrogens is 428 g/mol. The maximum Gasteiger partial charge on any atom is 0.163 e. The molecule has 0 aliphatic heterocycles. The van der Waals surface area contributed by atoms with E-state index in [-0.39, 0.29) is 5.78 Å². The lowest BCUT2D eigenvalue weighted by molar-refractivity contribution is 0.0979. The third kappa shape index (κ3) is 5.86. The zero-order chi connectivity index (χ0) is 17.4. The average Bonchev–Trinajstić information content (AvgIpc) is 2.58. The minimum Gasteiger partial charge on any atom is -0.294 e. The first-order valence-corrected chi connectivity index (χ1v) is 10.3. The van der Waals surface area contributed by atoms with E-state index in [1.807, 2.05) is 30.3 Å². The van der Waals surface area contributed by atoms with Gasteiger partial charge in [-0.25, -0.2) is 0 Å². The van der Waals surface area contributed by atoms with E-state index in [4.69, 9.17) is 0 Å². The SMILES string of the molecule is CCCCCCCCC(=O)c1cc(Br)ccc1-c1ccc(Br)cc1. The summed E-state index contributed by atoms with van der Waals surface area (Å²) in [6.45, 7) is 2.22. The van der Waals surface area contributed by atoms with Crippen LogP contribution >= 0.6 is 31.9 Å². The number of rotatable bonds is 9. The highest BCUT2D eigenvalue weighted by Crippen LogP contribution is 2.29. The van der Waals surface area contributed by atoms with Crippen LogP contribution in [0.2, 0.25) is 0 Å². The van der Waals surface area contributed by atoms with Gasteiger partial charge in [-0.1, -0.05) is 89.1 Å². The van der Waals surface area contributed by atoms with Crippen LogP contribution in [0, 0.1) is 0 Å². The number of Topliss-reactive ketones (excluding diaryl/α,β-unsaturated/α-hetero) is 1. The van der Waals surface area contributed by atoms with Crippen LogP contribution in [-0.4, -0.2) is 5.78 Å². The highest BCUT2D eigenvalue weighted by Gasteiger charge is 2.13. The Hall–Kier alpha value is -0.930. The van der Waals surface area contributed by atoms with Crippen molar-refractivity contribution >= 4 is 37.6 Å². The fourth-order valence-electron chi connectivity index (χ4n) is 2.83. The van der Waals surface area contributed by atoms with Crippen LogP contribution in [0.5, 0.6) is 0 Å². The predicted molar refractivity (Wildman–Crippen MR) is 110 cm³/mol. The van der Waals surface area contributed by atoms with E-state index >= 15 is 0 Å².